The predicted molar refractivity (Wildman–Crippen MR) is 141 cm³/mol. The Balaban J connectivity index is 2.02. The van der Waals surface area contributed by atoms with Crippen molar-refractivity contribution in [2.45, 2.75) is 19.9 Å². The number of allylic oxidation sites excluding steroid dienone is 1. The Kier molecular flexibility index (Phi) is 7.76. The van der Waals surface area contributed by atoms with E-state index in [-0.39, 0.29) is 17.7 Å². The molecule has 0 N–H and O–H groups in total. The molecule has 0 spiro atoms. The van der Waals surface area contributed by atoms with Gasteiger partial charge in [0.05, 0.1) is 54.3 Å². The van der Waals surface area contributed by atoms with Crippen LogP contribution in [0, 0.1) is 0 Å². The maximum Gasteiger partial charge on any atom is 0.338 e. The van der Waals surface area contributed by atoms with Crippen molar-refractivity contribution in [3.05, 3.63) is 69.6 Å². The van der Waals surface area contributed by atoms with E-state index in [4.69, 9.17) is 23.4 Å². The first kappa shape index (κ1) is 26.2. The van der Waals surface area contributed by atoms with Crippen LogP contribution in [0.1, 0.15) is 31.2 Å². The fourth-order valence-corrected chi connectivity index (χ4v) is 5.56. The molecule has 1 atom stereocenters. The summed E-state index contributed by atoms with van der Waals surface area (Å²) in [5, 5.41) is 0. The quantitative estimate of drug-likeness (QED) is 0.360. The van der Waals surface area contributed by atoms with E-state index in [2.05, 4.69) is 36.9 Å². The van der Waals surface area contributed by atoms with E-state index in [9.17, 15) is 9.59 Å². The third kappa shape index (κ3) is 4.64. The summed E-state index contributed by atoms with van der Waals surface area (Å²) in [6.07, 6.45) is 1.63. The van der Waals surface area contributed by atoms with Gasteiger partial charge in [-0.05, 0) is 69.5 Å². The molecule has 3 aromatic rings. The Labute approximate surface area is 226 Å². The molecule has 9 nitrogen and oxygen atoms in total. The summed E-state index contributed by atoms with van der Waals surface area (Å²) >= 11 is 7.88. The standard InChI is InChI=1S/C24H22Br2N2O7S/c1-6-34-23(30)18-11(2)27-24-28(22(29)17(36-24)10-13-9-14(25)21(26)35-13)19(18)12-7-15(31-3)20(33-5)16(8-12)32-4/h7-10,19H,6H2,1-5H3/b17-10+/t19-/m0/s1. The van der Waals surface area contributed by atoms with Gasteiger partial charge in [0.25, 0.3) is 5.56 Å². The zero-order chi connectivity index (χ0) is 26.1. The van der Waals surface area contributed by atoms with Crippen molar-refractivity contribution in [3.63, 3.8) is 0 Å². The number of hydrogen-bond donors (Lipinski definition) is 0. The van der Waals surface area contributed by atoms with Crippen molar-refractivity contribution in [1.29, 1.82) is 0 Å². The molecule has 3 heterocycles. The summed E-state index contributed by atoms with van der Waals surface area (Å²) in [7, 11) is 4.50. The van der Waals surface area contributed by atoms with Crippen LogP contribution in [-0.2, 0) is 9.53 Å². The minimum atomic E-state index is -0.841. The number of carbonyl (C=O) groups is 1. The lowest BCUT2D eigenvalue weighted by Crippen LogP contribution is -2.40. The summed E-state index contributed by atoms with van der Waals surface area (Å²) in [5.74, 6) is 1.08. The van der Waals surface area contributed by atoms with Gasteiger partial charge < -0.3 is 23.4 Å². The number of carbonyl (C=O) groups excluding carboxylic acids is 1. The lowest BCUT2D eigenvalue weighted by Gasteiger charge is -2.26. The normalized spacial score (nSPS) is 15.4. The molecular weight excluding hydrogens is 620 g/mol. The molecule has 1 aliphatic heterocycles. The number of rotatable bonds is 7. The second-order valence-electron chi connectivity index (χ2n) is 7.53. The molecule has 0 aliphatic carbocycles. The van der Waals surface area contributed by atoms with Gasteiger partial charge in [-0.2, -0.15) is 0 Å². The molecule has 36 heavy (non-hydrogen) atoms. The summed E-state index contributed by atoms with van der Waals surface area (Å²) in [6, 6.07) is 4.32. The maximum atomic E-state index is 13.7. The number of nitrogens with zero attached hydrogens (tertiary/aromatic N) is 2. The Morgan fingerprint density at radius 3 is 2.36 bits per heavy atom. The smallest absolute Gasteiger partial charge is 0.338 e. The lowest BCUT2D eigenvalue weighted by atomic mass is 9.95. The fraction of sp³-hybridized carbons (Fsp3) is 0.292. The summed E-state index contributed by atoms with van der Waals surface area (Å²) in [5.41, 5.74) is 0.922. The Morgan fingerprint density at radius 2 is 1.83 bits per heavy atom. The monoisotopic (exact) mass is 640 g/mol. The highest BCUT2D eigenvalue weighted by Gasteiger charge is 2.34. The third-order valence-electron chi connectivity index (χ3n) is 5.46. The highest BCUT2D eigenvalue weighted by molar-refractivity contribution is 9.13. The lowest BCUT2D eigenvalue weighted by molar-refractivity contribution is -0.139. The van der Waals surface area contributed by atoms with Crippen LogP contribution in [-0.4, -0.2) is 38.5 Å². The average Bonchev–Trinajstić information content (AvgIpc) is 3.33. The first-order valence-electron chi connectivity index (χ1n) is 10.7. The van der Waals surface area contributed by atoms with E-state index in [1.165, 1.54) is 37.2 Å². The highest BCUT2D eigenvalue weighted by atomic mass is 79.9. The molecule has 12 heteroatoms. The van der Waals surface area contributed by atoms with E-state index >= 15 is 0 Å². The number of hydrogen-bond acceptors (Lipinski definition) is 9. The first-order valence-corrected chi connectivity index (χ1v) is 13.1. The van der Waals surface area contributed by atoms with Crippen molar-refractivity contribution in [2.75, 3.05) is 27.9 Å². The van der Waals surface area contributed by atoms with Crippen molar-refractivity contribution in [3.8, 4) is 17.2 Å². The Hall–Kier alpha value is -2.83. The molecule has 1 aromatic carbocycles. The molecule has 4 rings (SSSR count). The van der Waals surface area contributed by atoms with Crippen LogP contribution in [0.2, 0.25) is 0 Å². The molecule has 1 aliphatic rings. The van der Waals surface area contributed by atoms with Crippen LogP contribution in [0.4, 0.5) is 0 Å². The third-order valence-corrected chi connectivity index (χ3v) is 8.15. The molecule has 190 valence electrons. The van der Waals surface area contributed by atoms with Crippen LogP contribution in [0.3, 0.4) is 0 Å². The minimum Gasteiger partial charge on any atom is -0.493 e. The van der Waals surface area contributed by atoms with E-state index in [0.717, 1.165) is 4.47 Å². The molecule has 2 aromatic heterocycles. The van der Waals surface area contributed by atoms with Gasteiger partial charge in [0.2, 0.25) is 5.75 Å². The molecule has 0 saturated carbocycles. The summed E-state index contributed by atoms with van der Waals surface area (Å²) in [6.45, 7) is 3.61. The number of fused-ring (bicyclic) bond motifs is 1. The van der Waals surface area contributed by atoms with E-state index in [0.29, 0.717) is 48.3 Å². The first-order chi connectivity index (χ1) is 17.2. The van der Waals surface area contributed by atoms with Crippen molar-refractivity contribution >= 4 is 55.2 Å². The Bertz CT molecular complexity index is 1510. The predicted octanol–water partition coefficient (Wildman–Crippen LogP) is 3.94. The van der Waals surface area contributed by atoms with Crippen LogP contribution in [0.15, 0.2) is 52.8 Å². The van der Waals surface area contributed by atoms with Gasteiger partial charge >= 0.3 is 5.97 Å². The zero-order valence-corrected chi connectivity index (χ0v) is 24.0. The Morgan fingerprint density at radius 1 is 1.17 bits per heavy atom. The average molecular weight is 642 g/mol. The fourth-order valence-electron chi connectivity index (χ4n) is 3.93. The highest BCUT2D eigenvalue weighted by Crippen LogP contribution is 2.42. The van der Waals surface area contributed by atoms with Gasteiger partial charge in [-0.3, -0.25) is 9.36 Å². The van der Waals surface area contributed by atoms with Crippen LogP contribution < -0.4 is 29.1 Å². The number of ether oxygens (including phenoxy) is 4. The molecule has 0 amide bonds. The number of halogens is 2. The summed E-state index contributed by atoms with van der Waals surface area (Å²) in [4.78, 5) is 31.8. The molecule has 0 unspecified atom stereocenters. The van der Waals surface area contributed by atoms with Crippen LogP contribution >= 0.6 is 43.2 Å². The largest absolute Gasteiger partial charge is 0.493 e. The van der Waals surface area contributed by atoms with Crippen LogP contribution in [0.25, 0.3) is 6.08 Å². The second kappa shape index (κ2) is 10.7. The number of furan rings is 1. The number of benzene rings is 1. The van der Waals surface area contributed by atoms with Gasteiger partial charge in [-0.1, -0.05) is 11.3 Å². The number of esters is 1. The van der Waals surface area contributed by atoms with Crippen molar-refractivity contribution in [1.82, 2.24) is 4.57 Å². The van der Waals surface area contributed by atoms with Gasteiger partial charge in [0, 0.05) is 6.08 Å². The van der Waals surface area contributed by atoms with Crippen molar-refractivity contribution in [2.24, 2.45) is 4.99 Å². The topological polar surface area (TPSA) is 101 Å². The molecule has 0 radical (unpaired) electrons. The maximum absolute atomic E-state index is 13.7. The van der Waals surface area contributed by atoms with Gasteiger partial charge in [0.1, 0.15) is 5.76 Å². The molecule has 0 fully saturated rings. The van der Waals surface area contributed by atoms with Gasteiger partial charge in [-0.25, -0.2) is 9.79 Å². The van der Waals surface area contributed by atoms with E-state index in [1.54, 1.807) is 38.1 Å². The summed E-state index contributed by atoms with van der Waals surface area (Å²) < 4.78 is 30.6. The van der Waals surface area contributed by atoms with E-state index in [1.807, 2.05) is 0 Å². The number of aromatic nitrogens is 1. The zero-order valence-electron chi connectivity index (χ0n) is 20.0. The second-order valence-corrected chi connectivity index (χ2v) is 10.1. The van der Waals surface area contributed by atoms with E-state index < -0.39 is 12.0 Å². The molecular formula is C24H22Br2N2O7S. The number of methoxy groups -OCH3 is 3. The SMILES string of the molecule is CCOC(=O)C1=C(C)N=c2s/c(=C/c3cc(Br)c(Br)o3)c(=O)n2[C@H]1c1cc(OC)c(OC)c(OC)c1. The molecule has 0 saturated heterocycles. The van der Waals surface area contributed by atoms with Crippen molar-refractivity contribution < 1.29 is 28.2 Å². The minimum absolute atomic E-state index is 0.171. The van der Waals surface area contributed by atoms with Gasteiger partial charge in [-0.15, -0.1) is 0 Å². The van der Waals surface area contributed by atoms with Gasteiger partial charge in [0.15, 0.2) is 21.0 Å². The van der Waals surface area contributed by atoms with Crippen LogP contribution in [0.5, 0.6) is 17.2 Å². The molecule has 0 bridgehead atoms. The number of thiazole rings is 1.